The highest BCUT2D eigenvalue weighted by molar-refractivity contribution is 6.00. The Morgan fingerprint density at radius 2 is 1.77 bits per heavy atom. The molecule has 0 fully saturated rings. The Morgan fingerprint density at radius 1 is 1.08 bits per heavy atom. The molecule has 26 heavy (non-hydrogen) atoms. The van der Waals surface area contributed by atoms with Crippen molar-refractivity contribution in [3.8, 4) is 11.3 Å². The summed E-state index contributed by atoms with van der Waals surface area (Å²) in [5.41, 5.74) is 3.00. The van der Waals surface area contributed by atoms with Crippen molar-refractivity contribution in [2.75, 3.05) is 27.4 Å². The Bertz CT molecular complexity index is 760. The van der Waals surface area contributed by atoms with Crippen molar-refractivity contribution in [3.63, 3.8) is 0 Å². The minimum absolute atomic E-state index is 0.0247. The predicted molar refractivity (Wildman–Crippen MR) is 101 cm³/mol. The van der Waals surface area contributed by atoms with Crippen molar-refractivity contribution < 1.29 is 9.47 Å². The molecule has 0 aliphatic carbocycles. The van der Waals surface area contributed by atoms with Crippen LogP contribution in [0.5, 0.6) is 0 Å². The lowest BCUT2D eigenvalue weighted by Crippen LogP contribution is -2.13. The van der Waals surface area contributed by atoms with Gasteiger partial charge in [0.1, 0.15) is 5.82 Å². The first-order chi connectivity index (χ1) is 12.7. The van der Waals surface area contributed by atoms with Gasteiger partial charge in [-0.25, -0.2) is 9.98 Å². The molecule has 1 unspecified atom stereocenters. The average Bonchev–Trinajstić information content (AvgIpc) is 3.32. The SMILES string of the molecule is CCCC1N=NC(c2ccc(-c3cnc(C(COC)COC)[nH]3)cc2)=N1. The molecule has 0 saturated carbocycles. The van der Waals surface area contributed by atoms with Crippen molar-refractivity contribution in [2.45, 2.75) is 31.8 Å². The van der Waals surface area contributed by atoms with E-state index in [-0.39, 0.29) is 12.1 Å². The standard InChI is InChI=1S/C19H25N5O2/c1-4-5-17-22-19(24-23-17)14-8-6-13(7-9-14)16-10-20-18(21-16)15(11-25-2)12-26-3/h6-10,15,17H,4-5,11-12H2,1-3H3,(H,20,21). The van der Waals surface area contributed by atoms with Gasteiger partial charge in [0, 0.05) is 19.8 Å². The number of methoxy groups -OCH3 is 2. The summed E-state index contributed by atoms with van der Waals surface area (Å²) in [4.78, 5) is 12.4. The quantitative estimate of drug-likeness (QED) is 0.742. The number of hydrogen-bond donors (Lipinski definition) is 1. The molecule has 1 aromatic carbocycles. The van der Waals surface area contributed by atoms with Gasteiger partial charge in [0.15, 0.2) is 12.0 Å². The van der Waals surface area contributed by atoms with Crippen molar-refractivity contribution in [1.82, 2.24) is 9.97 Å². The average molecular weight is 355 g/mol. The Labute approximate surface area is 153 Å². The van der Waals surface area contributed by atoms with Crippen LogP contribution in [0.2, 0.25) is 0 Å². The Hall–Kier alpha value is -2.38. The van der Waals surface area contributed by atoms with Gasteiger partial charge in [0.2, 0.25) is 0 Å². The number of nitrogens with one attached hydrogen (secondary N) is 1. The molecule has 3 rings (SSSR count). The van der Waals surface area contributed by atoms with Gasteiger partial charge in [-0.1, -0.05) is 37.6 Å². The van der Waals surface area contributed by atoms with E-state index in [1.54, 1.807) is 14.2 Å². The molecule has 7 heteroatoms. The number of aromatic nitrogens is 2. The smallest absolute Gasteiger partial charge is 0.179 e. The maximum absolute atomic E-state index is 5.25. The minimum Gasteiger partial charge on any atom is -0.384 e. The third kappa shape index (κ3) is 4.23. The lowest BCUT2D eigenvalue weighted by molar-refractivity contribution is 0.114. The zero-order valence-electron chi connectivity index (χ0n) is 15.5. The molecule has 0 radical (unpaired) electrons. The summed E-state index contributed by atoms with van der Waals surface area (Å²) in [6.45, 7) is 3.24. The fourth-order valence-corrected chi connectivity index (χ4v) is 2.92. The van der Waals surface area contributed by atoms with Crippen LogP contribution in [0.3, 0.4) is 0 Å². The molecule has 138 valence electrons. The van der Waals surface area contributed by atoms with Gasteiger partial charge in [0.05, 0.1) is 31.0 Å². The van der Waals surface area contributed by atoms with Gasteiger partial charge in [-0.2, -0.15) is 5.11 Å². The van der Waals surface area contributed by atoms with Crippen LogP contribution in [0.25, 0.3) is 11.3 Å². The van der Waals surface area contributed by atoms with Crippen LogP contribution < -0.4 is 0 Å². The highest BCUT2D eigenvalue weighted by Crippen LogP contribution is 2.23. The molecular weight excluding hydrogens is 330 g/mol. The number of azo groups is 1. The van der Waals surface area contributed by atoms with Crippen molar-refractivity contribution in [2.24, 2.45) is 15.2 Å². The first-order valence-electron chi connectivity index (χ1n) is 8.87. The zero-order chi connectivity index (χ0) is 18.4. The van der Waals surface area contributed by atoms with E-state index in [1.807, 2.05) is 30.5 Å². The van der Waals surface area contributed by atoms with Crippen molar-refractivity contribution in [3.05, 3.63) is 41.9 Å². The minimum atomic E-state index is -0.0247. The van der Waals surface area contributed by atoms with Gasteiger partial charge < -0.3 is 14.5 Å². The number of amidine groups is 1. The number of imidazole rings is 1. The predicted octanol–water partition coefficient (Wildman–Crippen LogP) is 3.79. The molecule has 0 saturated heterocycles. The normalized spacial score (nSPS) is 16.5. The molecule has 1 atom stereocenters. The fraction of sp³-hybridized carbons (Fsp3) is 0.474. The number of rotatable bonds is 9. The van der Waals surface area contributed by atoms with E-state index in [0.717, 1.165) is 35.5 Å². The summed E-state index contributed by atoms with van der Waals surface area (Å²) in [7, 11) is 3.36. The van der Waals surface area contributed by atoms with Crippen LogP contribution in [0.4, 0.5) is 0 Å². The molecule has 2 heterocycles. The van der Waals surface area contributed by atoms with E-state index in [9.17, 15) is 0 Å². The number of nitrogens with zero attached hydrogens (tertiary/aromatic N) is 4. The number of benzene rings is 1. The Balaban J connectivity index is 1.73. The molecule has 2 aromatic rings. The van der Waals surface area contributed by atoms with E-state index < -0.39 is 0 Å². The lowest BCUT2D eigenvalue weighted by atomic mass is 10.1. The van der Waals surface area contributed by atoms with E-state index in [1.165, 1.54) is 0 Å². The molecule has 1 aliphatic heterocycles. The number of aromatic amines is 1. The van der Waals surface area contributed by atoms with Gasteiger partial charge in [-0.3, -0.25) is 0 Å². The van der Waals surface area contributed by atoms with Crippen LogP contribution in [-0.4, -0.2) is 49.4 Å². The number of aliphatic imine (C=N–C) groups is 1. The van der Waals surface area contributed by atoms with Crippen LogP contribution in [0, 0.1) is 0 Å². The maximum Gasteiger partial charge on any atom is 0.179 e. The van der Waals surface area contributed by atoms with E-state index in [0.29, 0.717) is 19.0 Å². The highest BCUT2D eigenvalue weighted by atomic mass is 16.5. The summed E-state index contributed by atoms with van der Waals surface area (Å²) < 4.78 is 10.5. The van der Waals surface area contributed by atoms with E-state index >= 15 is 0 Å². The maximum atomic E-state index is 5.25. The summed E-state index contributed by atoms with van der Waals surface area (Å²) in [6, 6.07) is 8.12. The van der Waals surface area contributed by atoms with Crippen LogP contribution in [-0.2, 0) is 9.47 Å². The zero-order valence-corrected chi connectivity index (χ0v) is 15.5. The first kappa shape index (κ1) is 18.4. The van der Waals surface area contributed by atoms with Crippen molar-refractivity contribution >= 4 is 5.84 Å². The van der Waals surface area contributed by atoms with Crippen LogP contribution in [0.15, 0.2) is 45.7 Å². The monoisotopic (exact) mass is 355 g/mol. The summed E-state index contributed by atoms with van der Waals surface area (Å²) in [5, 5.41) is 8.41. The van der Waals surface area contributed by atoms with Crippen LogP contribution in [0.1, 0.15) is 37.1 Å². The Morgan fingerprint density at radius 3 is 2.42 bits per heavy atom. The third-order valence-electron chi connectivity index (χ3n) is 4.28. The number of ether oxygens (including phenoxy) is 2. The van der Waals surface area contributed by atoms with Gasteiger partial charge >= 0.3 is 0 Å². The van der Waals surface area contributed by atoms with E-state index in [4.69, 9.17) is 9.47 Å². The lowest BCUT2D eigenvalue weighted by Gasteiger charge is -2.12. The van der Waals surface area contributed by atoms with Gasteiger partial charge in [-0.05, 0) is 12.0 Å². The topological polar surface area (TPSA) is 84.2 Å². The van der Waals surface area contributed by atoms with E-state index in [2.05, 4.69) is 32.1 Å². The number of H-pyrrole nitrogens is 1. The number of hydrogen-bond acceptors (Lipinski definition) is 6. The molecule has 7 nitrogen and oxygen atoms in total. The van der Waals surface area contributed by atoms with Crippen LogP contribution >= 0.6 is 0 Å². The second-order valence-corrected chi connectivity index (χ2v) is 6.30. The second-order valence-electron chi connectivity index (χ2n) is 6.30. The molecule has 1 N–H and O–H groups in total. The third-order valence-corrected chi connectivity index (χ3v) is 4.28. The largest absolute Gasteiger partial charge is 0.384 e. The molecule has 0 spiro atoms. The molecular formula is C19H25N5O2. The summed E-state index contributed by atoms with van der Waals surface area (Å²) in [6.07, 6.45) is 3.80. The highest BCUT2D eigenvalue weighted by Gasteiger charge is 2.17. The van der Waals surface area contributed by atoms with Crippen molar-refractivity contribution in [1.29, 1.82) is 0 Å². The summed E-state index contributed by atoms with van der Waals surface area (Å²) >= 11 is 0. The fourth-order valence-electron chi connectivity index (χ4n) is 2.92. The molecule has 0 amide bonds. The first-order valence-corrected chi connectivity index (χ1v) is 8.87. The Kier molecular flexibility index (Phi) is 6.25. The molecule has 1 aromatic heterocycles. The molecule has 1 aliphatic rings. The summed E-state index contributed by atoms with van der Waals surface area (Å²) in [5.74, 6) is 1.66. The van der Waals surface area contributed by atoms with Gasteiger partial charge in [-0.15, -0.1) is 5.11 Å². The molecule has 0 bridgehead atoms. The van der Waals surface area contributed by atoms with Gasteiger partial charge in [0.25, 0.3) is 0 Å². The second kappa shape index (κ2) is 8.82.